The highest BCUT2D eigenvalue weighted by Crippen LogP contribution is 2.17. The molecule has 0 radical (unpaired) electrons. The molecule has 6 heteroatoms. The molecule has 110 valence electrons. The number of rotatable bonds is 4. The van der Waals surface area contributed by atoms with Crippen LogP contribution < -0.4 is 10.6 Å². The lowest BCUT2D eigenvalue weighted by molar-refractivity contribution is 0.624. The van der Waals surface area contributed by atoms with E-state index in [1.54, 1.807) is 19.3 Å². The van der Waals surface area contributed by atoms with Crippen molar-refractivity contribution >= 4 is 21.9 Å². The van der Waals surface area contributed by atoms with Crippen molar-refractivity contribution in [2.75, 3.05) is 7.05 Å². The normalized spacial score (nSPS) is 11.3. The largest absolute Gasteiger partial charge is 0.352 e. The molecule has 0 saturated carbocycles. The van der Waals surface area contributed by atoms with Gasteiger partial charge in [0, 0.05) is 24.3 Å². The molecule has 2 aromatic rings. The van der Waals surface area contributed by atoms with E-state index in [9.17, 15) is 4.39 Å². The maximum Gasteiger partial charge on any atom is 0.191 e. The van der Waals surface area contributed by atoms with Crippen molar-refractivity contribution in [1.29, 1.82) is 0 Å². The lowest BCUT2D eigenvalue weighted by atomic mass is 10.2. The molecule has 0 unspecified atom stereocenters. The van der Waals surface area contributed by atoms with Crippen LogP contribution in [0.4, 0.5) is 4.39 Å². The van der Waals surface area contributed by atoms with E-state index >= 15 is 0 Å². The van der Waals surface area contributed by atoms with E-state index in [1.165, 1.54) is 12.1 Å². The molecule has 2 N–H and O–H groups in total. The predicted molar refractivity (Wildman–Crippen MR) is 85.4 cm³/mol. The second kappa shape index (κ2) is 7.73. The number of nitrogens with zero attached hydrogens (tertiary/aromatic N) is 2. The van der Waals surface area contributed by atoms with Gasteiger partial charge in [-0.3, -0.25) is 9.98 Å². The molecule has 2 rings (SSSR count). The number of pyridine rings is 1. The Morgan fingerprint density at radius 2 is 2.05 bits per heavy atom. The summed E-state index contributed by atoms with van der Waals surface area (Å²) in [4.78, 5) is 8.35. The zero-order valence-electron chi connectivity index (χ0n) is 11.6. The Hall–Kier alpha value is -1.95. The summed E-state index contributed by atoms with van der Waals surface area (Å²) < 4.78 is 14.1. The van der Waals surface area contributed by atoms with Crippen molar-refractivity contribution in [1.82, 2.24) is 15.6 Å². The minimum atomic E-state index is -0.258. The first-order valence-corrected chi connectivity index (χ1v) is 7.26. The number of benzene rings is 1. The van der Waals surface area contributed by atoms with Crippen LogP contribution >= 0.6 is 15.9 Å². The van der Waals surface area contributed by atoms with Gasteiger partial charge in [0.25, 0.3) is 0 Å². The monoisotopic (exact) mass is 350 g/mol. The lowest BCUT2D eigenvalue weighted by Gasteiger charge is -2.12. The summed E-state index contributed by atoms with van der Waals surface area (Å²) >= 11 is 3.40. The van der Waals surface area contributed by atoms with Gasteiger partial charge in [-0.25, -0.2) is 4.39 Å². The molecule has 0 bridgehead atoms. The maximum absolute atomic E-state index is 13.2. The van der Waals surface area contributed by atoms with Crippen molar-refractivity contribution in [3.63, 3.8) is 0 Å². The molecule has 4 nitrogen and oxygen atoms in total. The molecule has 0 spiro atoms. The quantitative estimate of drug-likeness (QED) is 0.658. The van der Waals surface area contributed by atoms with E-state index in [0.29, 0.717) is 19.0 Å². The van der Waals surface area contributed by atoms with Crippen LogP contribution in [0.5, 0.6) is 0 Å². The number of aliphatic imine (C=N–C) groups is 1. The second-order valence-electron chi connectivity index (χ2n) is 4.34. The van der Waals surface area contributed by atoms with Crippen molar-refractivity contribution in [2.45, 2.75) is 13.1 Å². The van der Waals surface area contributed by atoms with Gasteiger partial charge in [-0.2, -0.15) is 0 Å². The van der Waals surface area contributed by atoms with Crippen molar-refractivity contribution in [3.8, 4) is 0 Å². The van der Waals surface area contributed by atoms with E-state index in [2.05, 4.69) is 36.5 Å². The van der Waals surface area contributed by atoms with Crippen molar-refractivity contribution in [2.24, 2.45) is 4.99 Å². The molecule has 1 heterocycles. The predicted octanol–water partition coefficient (Wildman–Crippen LogP) is 2.85. The Balaban J connectivity index is 1.90. The highest BCUT2D eigenvalue weighted by Gasteiger charge is 2.04. The first kappa shape index (κ1) is 15.4. The first-order valence-electron chi connectivity index (χ1n) is 6.47. The molecular formula is C15H16BrFN4. The number of halogens is 2. The molecule has 1 aromatic heterocycles. The van der Waals surface area contributed by atoms with E-state index < -0.39 is 0 Å². The SMILES string of the molecule is CN=C(NCc1ccccn1)NCc1cc(F)ccc1Br. The number of guanidine groups is 1. The fraction of sp³-hybridized carbons (Fsp3) is 0.200. The number of nitrogens with one attached hydrogen (secondary N) is 2. The molecule has 21 heavy (non-hydrogen) atoms. The van der Waals surface area contributed by atoms with Crippen LogP contribution in [0.1, 0.15) is 11.3 Å². The summed E-state index contributed by atoms with van der Waals surface area (Å²) in [5.41, 5.74) is 1.75. The average Bonchev–Trinajstić information content (AvgIpc) is 2.51. The van der Waals surface area contributed by atoms with Crippen LogP contribution in [-0.4, -0.2) is 18.0 Å². The summed E-state index contributed by atoms with van der Waals surface area (Å²) in [5, 5.41) is 6.30. The molecule has 0 saturated heterocycles. The Kier molecular flexibility index (Phi) is 5.68. The van der Waals surface area contributed by atoms with E-state index in [4.69, 9.17) is 0 Å². The highest BCUT2D eigenvalue weighted by atomic mass is 79.9. The fourth-order valence-corrected chi connectivity index (χ4v) is 2.14. The standard InChI is InChI=1S/C15H16BrFN4/c1-18-15(21-10-13-4-2-3-7-19-13)20-9-11-8-12(17)5-6-14(11)16/h2-8H,9-10H2,1H3,(H2,18,20,21). The lowest BCUT2D eigenvalue weighted by Crippen LogP contribution is -2.36. The van der Waals surface area contributed by atoms with Gasteiger partial charge in [-0.15, -0.1) is 0 Å². The van der Waals surface area contributed by atoms with Crippen LogP contribution in [0.25, 0.3) is 0 Å². The molecule has 0 amide bonds. The van der Waals surface area contributed by atoms with Crippen molar-refractivity contribution in [3.05, 3.63) is 64.1 Å². The molecule has 0 aliphatic rings. The van der Waals surface area contributed by atoms with Gasteiger partial charge in [0.1, 0.15) is 5.82 Å². The van der Waals surface area contributed by atoms with E-state index in [0.717, 1.165) is 15.7 Å². The topological polar surface area (TPSA) is 49.3 Å². The van der Waals surface area contributed by atoms with Gasteiger partial charge in [-0.05, 0) is 35.9 Å². The summed E-state index contributed by atoms with van der Waals surface area (Å²) in [7, 11) is 1.69. The van der Waals surface area contributed by atoms with Crippen LogP contribution in [0.15, 0.2) is 52.1 Å². The summed E-state index contributed by atoms with van der Waals surface area (Å²) in [5.74, 6) is 0.378. The van der Waals surface area contributed by atoms with Gasteiger partial charge in [0.2, 0.25) is 0 Å². The van der Waals surface area contributed by atoms with Crippen LogP contribution in [0.2, 0.25) is 0 Å². The van der Waals surface area contributed by atoms with E-state index in [-0.39, 0.29) is 5.82 Å². The van der Waals surface area contributed by atoms with Gasteiger partial charge in [-0.1, -0.05) is 22.0 Å². The number of hydrogen-bond acceptors (Lipinski definition) is 2. The van der Waals surface area contributed by atoms with Gasteiger partial charge in [0.15, 0.2) is 5.96 Å². The number of aromatic nitrogens is 1. The minimum absolute atomic E-state index is 0.258. The first-order chi connectivity index (χ1) is 10.2. The average molecular weight is 351 g/mol. The van der Waals surface area contributed by atoms with Crippen LogP contribution in [0, 0.1) is 5.82 Å². The summed E-state index contributed by atoms with van der Waals surface area (Å²) in [6.45, 7) is 1.05. The molecule has 0 aliphatic heterocycles. The molecular weight excluding hydrogens is 335 g/mol. The van der Waals surface area contributed by atoms with Gasteiger partial charge < -0.3 is 10.6 Å². The summed E-state index contributed by atoms with van der Waals surface area (Å²) in [6, 6.07) is 10.3. The van der Waals surface area contributed by atoms with E-state index in [1.807, 2.05) is 18.2 Å². The molecule has 0 aliphatic carbocycles. The smallest absolute Gasteiger partial charge is 0.191 e. The molecule has 0 atom stereocenters. The Morgan fingerprint density at radius 3 is 2.76 bits per heavy atom. The van der Waals surface area contributed by atoms with Crippen LogP contribution in [-0.2, 0) is 13.1 Å². The fourth-order valence-electron chi connectivity index (χ4n) is 1.76. The van der Waals surface area contributed by atoms with Gasteiger partial charge >= 0.3 is 0 Å². The second-order valence-corrected chi connectivity index (χ2v) is 5.19. The third-order valence-electron chi connectivity index (χ3n) is 2.84. The third kappa shape index (κ3) is 4.82. The van der Waals surface area contributed by atoms with Crippen LogP contribution in [0.3, 0.4) is 0 Å². The maximum atomic E-state index is 13.2. The zero-order valence-corrected chi connectivity index (χ0v) is 13.2. The van der Waals surface area contributed by atoms with Crippen molar-refractivity contribution < 1.29 is 4.39 Å². The summed E-state index contributed by atoms with van der Waals surface area (Å²) in [6.07, 6.45) is 1.75. The molecule has 0 fully saturated rings. The Labute approximate surface area is 131 Å². The molecule has 1 aromatic carbocycles. The zero-order chi connectivity index (χ0) is 15.1. The minimum Gasteiger partial charge on any atom is -0.352 e. The Bertz CT molecular complexity index is 616. The number of hydrogen-bond donors (Lipinski definition) is 2. The third-order valence-corrected chi connectivity index (χ3v) is 3.61. The highest BCUT2D eigenvalue weighted by molar-refractivity contribution is 9.10. The van der Waals surface area contributed by atoms with Gasteiger partial charge in [0.05, 0.1) is 12.2 Å². The Morgan fingerprint density at radius 1 is 1.24 bits per heavy atom.